The van der Waals surface area contributed by atoms with Gasteiger partial charge in [0.15, 0.2) is 0 Å². The van der Waals surface area contributed by atoms with E-state index >= 15 is 0 Å². The van der Waals surface area contributed by atoms with Gasteiger partial charge in [0.05, 0.1) is 18.2 Å². The fraction of sp³-hybridized carbons (Fsp3) is 0.375. The second-order valence-electron chi connectivity index (χ2n) is 6.03. The molecule has 1 aromatic carbocycles. The molecule has 0 N–H and O–H groups in total. The number of rotatable bonds is 1. The standard InChI is InChI=1S/C16H16N4/c1-19-10-16(6-13(16)7-17)14-5-11(3-4-15(14)19)12-8-18-20(2)9-12/h3-5,8-9,13H,6,10H2,1-2H3/t13?,16-/m1/s1. The van der Waals surface area contributed by atoms with Crippen molar-refractivity contribution >= 4 is 5.69 Å². The van der Waals surface area contributed by atoms with Crippen LogP contribution in [0.3, 0.4) is 0 Å². The van der Waals surface area contributed by atoms with Crippen LogP contribution in [0.2, 0.25) is 0 Å². The van der Waals surface area contributed by atoms with Gasteiger partial charge in [-0.05, 0) is 29.7 Å². The largest absolute Gasteiger partial charge is 0.373 e. The fourth-order valence-electron chi connectivity index (χ4n) is 3.56. The molecule has 1 spiro atoms. The lowest BCUT2D eigenvalue weighted by molar-refractivity contribution is 0.696. The molecule has 0 radical (unpaired) electrons. The Labute approximate surface area is 118 Å². The van der Waals surface area contributed by atoms with Gasteiger partial charge in [-0.15, -0.1) is 0 Å². The highest BCUT2D eigenvalue weighted by molar-refractivity contribution is 5.73. The van der Waals surface area contributed by atoms with Crippen molar-refractivity contribution < 1.29 is 0 Å². The summed E-state index contributed by atoms with van der Waals surface area (Å²) in [7, 11) is 4.04. The highest BCUT2D eigenvalue weighted by atomic mass is 15.2. The molecular formula is C16H16N4. The Morgan fingerprint density at radius 2 is 2.20 bits per heavy atom. The van der Waals surface area contributed by atoms with Gasteiger partial charge < -0.3 is 4.90 Å². The van der Waals surface area contributed by atoms with Crippen LogP contribution in [0.5, 0.6) is 0 Å². The molecule has 2 aromatic rings. The maximum atomic E-state index is 9.25. The van der Waals surface area contributed by atoms with Crippen LogP contribution in [0.4, 0.5) is 5.69 Å². The number of aryl methyl sites for hydroxylation is 1. The third-order valence-electron chi connectivity index (χ3n) is 4.73. The van der Waals surface area contributed by atoms with Crippen molar-refractivity contribution in [3.8, 4) is 17.2 Å². The molecule has 4 rings (SSSR count). The van der Waals surface area contributed by atoms with E-state index in [-0.39, 0.29) is 11.3 Å². The zero-order valence-electron chi connectivity index (χ0n) is 11.7. The Morgan fingerprint density at radius 1 is 1.35 bits per heavy atom. The predicted molar refractivity (Wildman–Crippen MR) is 77.3 cm³/mol. The van der Waals surface area contributed by atoms with E-state index in [0.717, 1.165) is 18.5 Å². The number of likely N-dealkylation sites (N-methyl/N-ethyl adjacent to an activating group) is 1. The SMILES string of the molecule is CN1C[C@@]2(CC2C#N)c2cc(-c3cnn(C)c3)ccc21. The number of benzene rings is 1. The summed E-state index contributed by atoms with van der Waals surface area (Å²) >= 11 is 0. The molecule has 1 aliphatic carbocycles. The molecule has 1 fully saturated rings. The van der Waals surface area contributed by atoms with Gasteiger partial charge in [-0.1, -0.05) is 6.07 Å². The van der Waals surface area contributed by atoms with Gasteiger partial charge in [0.2, 0.25) is 0 Å². The molecular weight excluding hydrogens is 248 g/mol. The van der Waals surface area contributed by atoms with Crippen LogP contribution >= 0.6 is 0 Å². The Morgan fingerprint density at radius 3 is 2.85 bits per heavy atom. The molecule has 100 valence electrons. The first kappa shape index (κ1) is 11.5. The van der Waals surface area contributed by atoms with E-state index in [1.165, 1.54) is 16.8 Å². The second kappa shape index (κ2) is 3.63. The number of fused-ring (bicyclic) bond motifs is 2. The third kappa shape index (κ3) is 1.38. The first-order valence-corrected chi connectivity index (χ1v) is 6.88. The Bertz CT molecular complexity index is 739. The molecule has 2 heterocycles. The van der Waals surface area contributed by atoms with Crippen molar-refractivity contribution in [1.29, 1.82) is 5.26 Å². The monoisotopic (exact) mass is 264 g/mol. The molecule has 0 bridgehead atoms. The van der Waals surface area contributed by atoms with Gasteiger partial charge in [0, 0.05) is 43.5 Å². The molecule has 1 unspecified atom stereocenters. The number of anilines is 1. The number of nitrogens with zero attached hydrogens (tertiary/aromatic N) is 4. The van der Waals surface area contributed by atoms with Crippen LogP contribution in [0.15, 0.2) is 30.6 Å². The first-order valence-electron chi connectivity index (χ1n) is 6.88. The number of hydrogen-bond donors (Lipinski definition) is 0. The Hall–Kier alpha value is -2.28. The van der Waals surface area contributed by atoms with Crippen LogP contribution in [0.1, 0.15) is 12.0 Å². The summed E-state index contributed by atoms with van der Waals surface area (Å²) < 4.78 is 1.82. The maximum Gasteiger partial charge on any atom is 0.0666 e. The predicted octanol–water partition coefficient (Wildman–Crippen LogP) is 2.32. The minimum atomic E-state index is 0.0804. The molecule has 0 amide bonds. The normalized spacial score (nSPS) is 26.6. The average molecular weight is 264 g/mol. The van der Waals surface area contributed by atoms with E-state index in [1.807, 2.05) is 24.1 Å². The van der Waals surface area contributed by atoms with Gasteiger partial charge in [0.1, 0.15) is 0 Å². The molecule has 1 aromatic heterocycles. The van der Waals surface area contributed by atoms with Crippen molar-refractivity contribution in [1.82, 2.24) is 9.78 Å². The van der Waals surface area contributed by atoms with Crippen molar-refractivity contribution in [3.63, 3.8) is 0 Å². The summed E-state index contributed by atoms with van der Waals surface area (Å²) in [6.07, 6.45) is 4.92. The quantitative estimate of drug-likeness (QED) is 0.794. The summed E-state index contributed by atoms with van der Waals surface area (Å²) in [4.78, 5) is 2.28. The molecule has 4 nitrogen and oxygen atoms in total. The van der Waals surface area contributed by atoms with Crippen LogP contribution < -0.4 is 4.90 Å². The van der Waals surface area contributed by atoms with E-state index < -0.39 is 0 Å². The van der Waals surface area contributed by atoms with Crippen LogP contribution in [0, 0.1) is 17.2 Å². The summed E-state index contributed by atoms with van der Waals surface area (Å²) in [6.45, 7) is 0.969. The molecule has 20 heavy (non-hydrogen) atoms. The number of aromatic nitrogens is 2. The first-order chi connectivity index (χ1) is 9.64. The van der Waals surface area contributed by atoms with Crippen molar-refractivity contribution in [2.75, 3.05) is 18.5 Å². The van der Waals surface area contributed by atoms with E-state index in [1.54, 1.807) is 0 Å². The second-order valence-corrected chi connectivity index (χ2v) is 6.03. The van der Waals surface area contributed by atoms with Gasteiger partial charge >= 0.3 is 0 Å². The Balaban J connectivity index is 1.83. The molecule has 4 heteroatoms. The zero-order chi connectivity index (χ0) is 13.9. The van der Waals surface area contributed by atoms with Crippen LogP contribution in [0.25, 0.3) is 11.1 Å². The fourth-order valence-corrected chi connectivity index (χ4v) is 3.56. The minimum Gasteiger partial charge on any atom is -0.373 e. The van der Waals surface area contributed by atoms with E-state index in [0.29, 0.717) is 0 Å². The van der Waals surface area contributed by atoms with Crippen molar-refractivity contribution in [2.24, 2.45) is 13.0 Å². The molecule has 1 aliphatic heterocycles. The van der Waals surface area contributed by atoms with Gasteiger partial charge in [-0.2, -0.15) is 10.4 Å². The minimum absolute atomic E-state index is 0.0804. The van der Waals surface area contributed by atoms with Gasteiger partial charge in [-0.25, -0.2) is 0 Å². The maximum absolute atomic E-state index is 9.25. The number of hydrogen-bond acceptors (Lipinski definition) is 3. The lowest BCUT2D eigenvalue weighted by atomic mass is 9.93. The highest BCUT2D eigenvalue weighted by Gasteiger charge is 2.60. The topological polar surface area (TPSA) is 44.9 Å². The average Bonchev–Trinajstić information content (AvgIpc) is 2.86. The van der Waals surface area contributed by atoms with Gasteiger partial charge in [-0.3, -0.25) is 4.68 Å². The molecule has 1 saturated carbocycles. The van der Waals surface area contributed by atoms with Crippen molar-refractivity contribution in [3.05, 3.63) is 36.2 Å². The number of nitriles is 1. The lowest BCUT2D eigenvalue weighted by Gasteiger charge is -2.11. The lowest BCUT2D eigenvalue weighted by Crippen LogP contribution is -2.20. The summed E-state index contributed by atoms with van der Waals surface area (Å²) in [5.41, 5.74) is 5.02. The molecule has 2 aliphatic rings. The van der Waals surface area contributed by atoms with Crippen molar-refractivity contribution in [2.45, 2.75) is 11.8 Å². The van der Waals surface area contributed by atoms with E-state index in [2.05, 4.69) is 41.3 Å². The van der Waals surface area contributed by atoms with Crippen LogP contribution in [-0.4, -0.2) is 23.4 Å². The highest BCUT2D eigenvalue weighted by Crippen LogP contribution is 2.60. The Kier molecular flexibility index (Phi) is 2.10. The zero-order valence-corrected chi connectivity index (χ0v) is 11.7. The third-order valence-corrected chi connectivity index (χ3v) is 4.73. The summed E-state index contributed by atoms with van der Waals surface area (Å²) in [6, 6.07) is 9.04. The van der Waals surface area contributed by atoms with E-state index in [4.69, 9.17) is 0 Å². The summed E-state index contributed by atoms with van der Waals surface area (Å²) in [5.74, 6) is 0.176. The summed E-state index contributed by atoms with van der Waals surface area (Å²) in [5, 5.41) is 13.5. The smallest absolute Gasteiger partial charge is 0.0666 e. The molecule has 0 saturated heterocycles. The molecule has 2 atom stereocenters. The van der Waals surface area contributed by atoms with E-state index in [9.17, 15) is 5.26 Å². The van der Waals surface area contributed by atoms with Gasteiger partial charge in [0.25, 0.3) is 0 Å². The van der Waals surface area contributed by atoms with Crippen LogP contribution in [-0.2, 0) is 12.5 Å².